The molecule has 3 atom stereocenters. The minimum absolute atomic E-state index is 0.0807. The molecule has 3 N–H and O–H groups in total. The summed E-state index contributed by atoms with van der Waals surface area (Å²) < 4.78 is 1.88. The third kappa shape index (κ3) is 4.57. The third-order valence-corrected chi connectivity index (χ3v) is 8.63. The Balaban J connectivity index is 0.971. The summed E-state index contributed by atoms with van der Waals surface area (Å²) in [6, 6.07) is 14.0. The number of aryl methyl sites for hydroxylation is 1. The molecule has 1 saturated heterocycles. The van der Waals surface area contributed by atoms with E-state index in [0.717, 1.165) is 50.3 Å². The normalized spacial score (nSPS) is 20.0. The molecule has 4 amide bonds. The number of halogens is 1. The van der Waals surface area contributed by atoms with Crippen LogP contribution in [-0.2, 0) is 11.2 Å². The first-order chi connectivity index (χ1) is 20.4. The number of aromatic amines is 1. The van der Waals surface area contributed by atoms with E-state index in [2.05, 4.69) is 32.6 Å². The van der Waals surface area contributed by atoms with Gasteiger partial charge in [0.2, 0.25) is 0 Å². The lowest BCUT2D eigenvalue weighted by molar-refractivity contribution is -0.127. The summed E-state index contributed by atoms with van der Waals surface area (Å²) in [5.41, 5.74) is 6.40. The summed E-state index contributed by atoms with van der Waals surface area (Å²) >= 11 is 6.25. The van der Waals surface area contributed by atoms with E-state index in [9.17, 15) is 14.4 Å². The predicted molar refractivity (Wildman–Crippen MR) is 158 cm³/mol. The second kappa shape index (κ2) is 10.3. The van der Waals surface area contributed by atoms with Crippen LogP contribution in [0, 0.1) is 6.92 Å². The maximum atomic E-state index is 13.0. The number of fused-ring (bicyclic) bond motifs is 2. The van der Waals surface area contributed by atoms with Gasteiger partial charge >= 0.3 is 6.03 Å². The number of H-pyrrole nitrogens is 1. The minimum Gasteiger partial charge on any atom is -0.360 e. The molecule has 7 rings (SSSR count). The van der Waals surface area contributed by atoms with Gasteiger partial charge in [-0.2, -0.15) is 5.10 Å². The standard InChI is InChI=1S/C31H28ClN7O3/c1-17-7-8-18(12-21(17)22-14-23(22)26-16-34-27-6-3-9-36-39(26)27)29(40)33-10-11-38-30(41)25(37-31(38)42)13-19-15-35-28-20(19)4-2-5-24(28)32/h2-9,12,15-16,22-23,25,35H,10-11,13-14H2,1H3,(H,33,40)(H,37,42)/t22?,23-,25?/m1/s1. The number of urea groups is 1. The van der Waals surface area contributed by atoms with Crippen molar-refractivity contribution >= 4 is 46.0 Å². The lowest BCUT2D eigenvalue weighted by atomic mass is 9.99. The van der Waals surface area contributed by atoms with E-state index in [1.54, 1.807) is 18.3 Å². The van der Waals surface area contributed by atoms with Crippen LogP contribution in [0.3, 0.4) is 0 Å². The molecule has 3 aromatic heterocycles. The number of amides is 4. The first kappa shape index (κ1) is 26.2. The quantitative estimate of drug-likeness (QED) is 0.235. The molecule has 0 spiro atoms. The molecule has 1 aliphatic carbocycles. The number of nitrogens with zero attached hydrogens (tertiary/aromatic N) is 4. The molecule has 0 radical (unpaired) electrons. The fraction of sp³-hybridized carbons (Fsp3) is 0.258. The second-order valence-electron chi connectivity index (χ2n) is 10.9. The van der Waals surface area contributed by atoms with Gasteiger partial charge in [0.1, 0.15) is 6.04 Å². The SMILES string of the molecule is Cc1ccc(C(=O)NCCN2C(=O)NC(Cc3c[nH]c4c(Cl)cccc34)C2=O)cc1C1C[C@H]1c1cnc2cccnn12. The highest BCUT2D eigenvalue weighted by Gasteiger charge is 2.43. The largest absolute Gasteiger partial charge is 0.360 e. The van der Waals surface area contributed by atoms with Gasteiger partial charge in [0.25, 0.3) is 11.8 Å². The Labute approximate surface area is 246 Å². The Morgan fingerprint density at radius 1 is 1.14 bits per heavy atom. The molecule has 42 heavy (non-hydrogen) atoms. The van der Waals surface area contributed by atoms with Crippen molar-refractivity contribution in [3.05, 3.63) is 100 Å². The number of imidazole rings is 1. The van der Waals surface area contributed by atoms with Gasteiger partial charge in [-0.3, -0.25) is 14.5 Å². The number of carbonyl (C=O) groups excluding carboxylic acids is 3. The zero-order valence-electron chi connectivity index (χ0n) is 22.8. The number of imide groups is 1. The van der Waals surface area contributed by atoms with E-state index in [1.165, 1.54) is 0 Å². The summed E-state index contributed by atoms with van der Waals surface area (Å²) in [6.45, 7) is 2.28. The highest BCUT2D eigenvalue weighted by molar-refractivity contribution is 6.35. The van der Waals surface area contributed by atoms with Crippen LogP contribution in [0.25, 0.3) is 16.6 Å². The molecule has 0 bridgehead atoms. The molecule has 1 aliphatic heterocycles. The van der Waals surface area contributed by atoms with Crippen LogP contribution in [0.2, 0.25) is 5.02 Å². The molecule has 5 aromatic rings. The number of rotatable bonds is 8. The van der Waals surface area contributed by atoms with Gasteiger partial charge in [-0.15, -0.1) is 0 Å². The molecule has 11 heteroatoms. The average molecular weight is 582 g/mol. The molecule has 2 aromatic carbocycles. The van der Waals surface area contributed by atoms with Crippen LogP contribution in [0.5, 0.6) is 0 Å². The summed E-state index contributed by atoms with van der Waals surface area (Å²) in [7, 11) is 0. The lowest BCUT2D eigenvalue weighted by Crippen LogP contribution is -2.39. The number of carbonyl (C=O) groups is 3. The summed E-state index contributed by atoms with van der Waals surface area (Å²) in [4.78, 5) is 47.5. The van der Waals surface area contributed by atoms with Crippen LogP contribution >= 0.6 is 11.6 Å². The van der Waals surface area contributed by atoms with Crippen LogP contribution in [0.4, 0.5) is 4.79 Å². The van der Waals surface area contributed by atoms with Crippen molar-refractivity contribution in [3.8, 4) is 0 Å². The molecule has 2 fully saturated rings. The van der Waals surface area contributed by atoms with E-state index in [-0.39, 0.29) is 30.8 Å². The highest BCUT2D eigenvalue weighted by atomic mass is 35.5. The molecule has 212 valence electrons. The van der Waals surface area contributed by atoms with E-state index in [4.69, 9.17) is 11.6 Å². The summed E-state index contributed by atoms with van der Waals surface area (Å²) in [5, 5.41) is 11.6. The van der Waals surface area contributed by atoms with Crippen LogP contribution in [0.1, 0.15) is 51.0 Å². The number of hydrogen-bond acceptors (Lipinski definition) is 5. The Bertz CT molecular complexity index is 1880. The first-order valence-electron chi connectivity index (χ1n) is 13.9. The zero-order chi connectivity index (χ0) is 29.0. The maximum absolute atomic E-state index is 13.0. The third-order valence-electron chi connectivity index (χ3n) is 8.32. The van der Waals surface area contributed by atoms with Crippen molar-refractivity contribution in [1.29, 1.82) is 0 Å². The molecule has 4 heterocycles. The minimum atomic E-state index is -0.680. The first-order valence-corrected chi connectivity index (χ1v) is 14.3. The van der Waals surface area contributed by atoms with Crippen LogP contribution in [0.15, 0.2) is 67.1 Å². The molecule has 10 nitrogen and oxygen atoms in total. The van der Waals surface area contributed by atoms with E-state index < -0.39 is 12.1 Å². The monoisotopic (exact) mass is 581 g/mol. The van der Waals surface area contributed by atoms with E-state index >= 15 is 0 Å². The summed E-state index contributed by atoms with van der Waals surface area (Å²) in [6.07, 6.45) is 6.76. The Morgan fingerprint density at radius 3 is 2.90 bits per heavy atom. The fourth-order valence-electron chi connectivity index (χ4n) is 6.02. The van der Waals surface area contributed by atoms with Gasteiger partial charge in [0.15, 0.2) is 5.65 Å². The Morgan fingerprint density at radius 2 is 2.02 bits per heavy atom. The lowest BCUT2D eigenvalue weighted by Gasteiger charge is -2.14. The average Bonchev–Trinajstić information content (AvgIpc) is 3.33. The highest BCUT2D eigenvalue weighted by Crippen LogP contribution is 2.55. The number of aromatic nitrogens is 4. The number of hydrogen-bond donors (Lipinski definition) is 3. The van der Waals surface area contributed by atoms with E-state index in [1.807, 2.05) is 53.3 Å². The Hall–Kier alpha value is -4.70. The molecule has 2 unspecified atom stereocenters. The molecule has 2 aliphatic rings. The van der Waals surface area contributed by atoms with Crippen molar-refractivity contribution in [1.82, 2.24) is 35.1 Å². The fourth-order valence-corrected chi connectivity index (χ4v) is 6.25. The van der Waals surface area contributed by atoms with Crippen molar-refractivity contribution in [3.63, 3.8) is 0 Å². The number of nitrogens with one attached hydrogen (secondary N) is 3. The van der Waals surface area contributed by atoms with Gasteiger partial charge in [-0.1, -0.05) is 29.8 Å². The Kier molecular flexibility index (Phi) is 6.42. The van der Waals surface area contributed by atoms with Crippen molar-refractivity contribution in [2.45, 2.75) is 37.6 Å². The maximum Gasteiger partial charge on any atom is 0.324 e. The van der Waals surface area contributed by atoms with Crippen molar-refractivity contribution < 1.29 is 14.4 Å². The van der Waals surface area contributed by atoms with Crippen molar-refractivity contribution in [2.24, 2.45) is 0 Å². The number of benzene rings is 2. The predicted octanol–water partition coefficient (Wildman–Crippen LogP) is 4.34. The zero-order valence-corrected chi connectivity index (χ0v) is 23.6. The molecular formula is C31H28ClN7O3. The van der Waals surface area contributed by atoms with Gasteiger partial charge in [-0.25, -0.2) is 14.3 Å². The van der Waals surface area contributed by atoms with Gasteiger partial charge in [-0.05, 0) is 66.3 Å². The van der Waals surface area contributed by atoms with Crippen molar-refractivity contribution in [2.75, 3.05) is 13.1 Å². The smallest absolute Gasteiger partial charge is 0.324 e. The second-order valence-corrected chi connectivity index (χ2v) is 11.3. The topological polar surface area (TPSA) is 124 Å². The van der Waals surface area contributed by atoms with Gasteiger partial charge < -0.3 is 15.6 Å². The summed E-state index contributed by atoms with van der Waals surface area (Å²) in [5.74, 6) is 0.0191. The van der Waals surface area contributed by atoms with Crippen LogP contribution < -0.4 is 10.6 Å². The van der Waals surface area contributed by atoms with Gasteiger partial charge in [0, 0.05) is 48.8 Å². The molecule has 1 saturated carbocycles. The van der Waals surface area contributed by atoms with E-state index in [0.29, 0.717) is 22.9 Å². The van der Waals surface area contributed by atoms with Crippen LogP contribution in [-0.4, -0.2) is 61.5 Å². The number of para-hydroxylation sites is 1. The molecular weight excluding hydrogens is 554 g/mol. The van der Waals surface area contributed by atoms with Gasteiger partial charge in [0.05, 0.1) is 22.4 Å².